The Kier molecular flexibility index (Phi) is 4.92. The molecule has 0 saturated carbocycles. The van der Waals surface area contributed by atoms with Gasteiger partial charge in [0.05, 0.1) is 13.2 Å². The van der Waals surface area contributed by atoms with E-state index in [9.17, 15) is 20.4 Å². The summed E-state index contributed by atoms with van der Waals surface area (Å²) in [4.78, 5) is 0. The van der Waals surface area contributed by atoms with Crippen molar-refractivity contribution in [1.82, 2.24) is 0 Å². The number of hydrogen-bond donors (Lipinski definition) is 5. The van der Waals surface area contributed by atoms with Crippen molar-refractivity contribution in [3.8, 4) is 5.75 Å². The zero-order valence-electron chi connectivity index (χ0n) is 10.7. The summed E-state index contributed by atoms with van der Waals surface area (Å²) < 4.78 is 10.6. The lowest BCUT2D eigenvalue weighted by atomic mass is 9.99. The minimum atomic E-state index is -1.49. The van der Waals surface area contributed by atoms with Crippen molar-refractivity contribution in [2.75, 3.05) is 6.61 Å². The third-order valence-electron chi connectivity index (χ3n) is 3.23. The van der Waals surface area contributed by atoms with Gasteiger partial charge >= 0.3 is 0 Å². The second-order valence-electron chi connectivity index (χ2n) is 4.58. The summed E-state index contributed by atoms with van der Waals surface area (Å²) >= 11 is 0. The van der Waals surface area contributed by atoms with Crippen LogP contribution in [0.4, 0.5) is 0 Å². The quantitative estimate of drug-likeness (QED) is 0.450. The Morgan fingerprint density at radius 2 is 1.70 bits per heavy atom. The van der Waals surface area contributed by atoms with Gasteiger partial charge in [0.15, 0.2) is 0 Å². The number of rotatable bonds is 4. The van der Waals surface area contributed by atoms with Crippen LogP contribution in [0, 0.1) is 0 Å². The van der Waals surface area contributed by atoms with Gasteiger partial charge in [0.2, 0.25) is 6.29 Å². The number of aliphatic hydroxyl groups is 5. The zero-order valence-corrected chi connectivity index (χ0v) is 10.7. The Balaban J connectivity index is 2.15. The first-order valence-electron chi connectivity index (χ1n) is 6.24. The molecule has 112 valence electrons. The van der Waals surface area contributed by atoms with Gasteiger partial charge < -0.3 is 35.0 Å². The van der Waals surface area contributed by atoms with Crippen molar-refractivity contribution in [1.29, 1.82) is 0 Å². The van der Waals surface area contributed by atoms with E-state index in [1.165, 1.54) is 0 Å². The molecule has 1 fully saturated rings. The lowest BCUT2D eigenvalue weighted by Crippen LogP contribution is -2.60. The number of para-hydroxylation sites is 1. The van der Waals surface area contributed by atoms with Crippen LogP contribution in [0.1, 0.15) is 5.56 Å². The van der Waals surface area contributed by atoms with Gasteiger partial charge in [-0.05, 0) is 6.07 Å². The number of benzene rings is 1. The summed E-state index contributed by atoms with van der Waals surface area (Å²) in [5, 5.41) is 47.4. The van der Waals surface area contributed by atoms with Crippen LogP contribution in [-0.4, -0.2) is 62.8 Å². The molecular weight excluding hydrogens is 268 g/mol. The van der Waals surface area contributed by atoms with E-state index >= 15 is 0 Å². The maximum Gasteiger partial charge on any atom is 0.229 e. The van der Waals surface area contributed by atoms with Crippen molar-refractivity contribution in [3.63, 3.8) is 0 Å². The highest BCUT2D eigenvalue weighted by Gasteiger charge is 2.44. The van der Waals surface area contributed by atoms with Gasteiger partial charge in [-0.15, -0.1) is 0 Å². The van der Waals surface area contributed by atoms with Gasteiger partial charge in [-0.25, -0.2) is 0 Å². The third-order valence-corrected chi connectivity index (χ3v) is 3.23. The van der Waals surface area contributed by atoms with Crippen LogP contribution in [0.25, 0.3) is 0 Å². The minimum absolute atomic E-state index is 0.256. The van der Waals surface area contributed by atoms with Crippen molar-refractivity contribution in [3.05, 3.63) is 29.8 Å². The van der Waals surface area contributed by atoms with Crippen LogP contribution < -0.4 is 4.74 Å². The molecule has 1 aromatic rings. The molecule has 0 spiro atoms. The van der Waals surface area contributed by atoms with Crippen molar-refractivity contribution in [2.24, 2.45) is 0 Å². The Hall–Kier alpha value is -1.22. The molecule has 20 heavy (non-hydrogen) atoms. The molecule has 0 aromatic heterocycles. The molecule has 1 aromatic carbocycles. The normalized spacial score (nSPS) is 34.0. The molecule has 1 aliphatic rings. The summed E-state index contributed by atoms with van der Waals surface area (Å²) in [5.74, 6) is 0.291. The van der Waals surface area contributed by atoms with E-state index in [4.69, 9.17) is 14.6 Å². The van der Waals surface area contributed by atoms with Crippen LogP contribution in [0.5, 0.6) is 5.75 Å². The van der Waals surface area contributed by atoms with Gasteiger partial charge in [0, 0.05) is 5.56 Å². The van der Waals surface area contributed by atoms with Gasteiger partial charge in [-0.1, -0.05) is 18.2 Å². The average Bonchev–Trinajstić information content (AvgIpc) is 2.48. The standard InChI is InChI=1S/C13H18O7/c14-5-7-3-1-2-4-8(7)19-13-12(18)11(17)10(16)9(6-15)20-13/h1-4,9-18H,5-6H2/t9-,10-,11-,12-,13-/m1/s1. The van der Waals surface area contributed by atoms with E-state index in [0.29, 0.717) is 11.3 Å². The molecule has 0 amide bonds. The number of aliphatic hydroxyl groups excluding tert-OH is 5. The summed E-state index contributed by atoms with van der Waals surface area (Å²) in [7, 11) is 0. The van der Waals surface area contributed by atoms with Gasteiger partial charge in [-0.3, -0.25) is 0 Å². The van der Waals surface area contributed by atoms with Gasteiger partial charge in [0.1, 0.15) is 30.2 Å². The molecule has 7 nitrogen and oxygen atoms in total. The van der Waals surface area contributed by atoms with Gasteiger partial charge in [0.25, 0.3) is 0 Å². The SMILES string of the molecule is OCc1ccccc1O[C@@H]1O[C@H](CO)[C@@H](O)[C@@H](O)[C@H]1O. The smallest absolute Gasteiger partial charge is 0.229 e. The summed E-state index contributed by atoms with van der Waals surface area (Å²) in [6.07, 6.45) is -6.67. The average molecular weight is 286 g/mol. The maximum absolute atomic E-state index is 9.84. The molecule has 0 radical (unpaired) electrons. The molecule has 5 N–H and O–H groups in total. The van der Waals surface area contributed by atoms with Crippen molar-refractivity contribution < 1.29 is 35.0 Å². The monoisotopic (exact) mass is 286 g/mol. The number of ether oxygens (including phenoxy) is 2. The minimum Gasteiger partial charge on any atom is -0.462 e. The molecule has 0 aliphatic carbocycles. The molecule has 1 heterocycles. The van der Waals surface area contributed by atoms with E-state index in [0.717, 1.165) is 0 Å². The second kappa shape index (κ2) is 6.49. The summed E-state index contributed by atoms with van der Waals surface area (Å²) in [5.41, 5.74) is 0.490. The van der Waals surface area contributed by atoms with Crippen molar-refractivity contribution in [2.45, 2.75) is 37.3 Å². The van der Waals surface area contributed by atoms with E-state index in [1.807, 2.05) is 0 Å². The Labute approximate surface area is 115 Å². The van der Waals surface area contributed by atoms with Crippen LogP contribution in [-0.2, 0) is 11.3 Å². The third kappa shape index (κ3) is 2.93. The maximum atomic E-state index is 9.84. The first-order chi connectivity index (χ1) is 9.58. The fourth-order valence-electron chi connectivity index (χ4n) is 2.04. The van der Waals surface area contributed by atoms with E-state index in [-0.39, 0.29) is 6.61 Å². The van der Waals surface area contributed by atoms with Gasteiger partial charge in [-0.2, -0.15) is 0 Å². The largest absolute Gasteiger partial charge is 0.462 e. The lowest BCUT2D eigenvalue weighted by molar-refractivity contribution is -0.277. The Morgan fingerprint density at radius 1 is 1.00 bits per heavy atom. The molecule has 1 saturated heterocycles. The summed E-state index contributed by atoms with van der Waals surface area (Å²) in [6, 6.07) is 6.61. The predicted molar refractivity (Wildman–Crippen MR) is 66.8 cm³/mol. The highest BCUT2D eigenvalue weighted by Crippen LogP contribution is 2.26. The van der Waals surface area contributed by atoms with E-state index in [2.05, 4.69) is 0 Å². The highest BCUT2D eigenvalue weighted by atomic mass is 16.7. The number of hydrogen-bond acceptors (Lipinski definition) is 7. The zero-order chi connectivity index (χ0) is 14.7. The molecule has 5 atom stereocenters. The molecule has 1 aliphatic heterocycles. The van der Waals surface area contributed by atoms with E-state index < -0.39 is 37.3 Å². The fourth-order valence-corrected chi connectivity index (χ4v) is 2.04. The fraction of sp³-hybridized carbons (Fsp3) is 0.538. The first-order valence-corrected chi connectivity index (χ1v) is 6.24. The molecule has 2 rings (SSSR count). The molecule has 7 heteroatoms. The second-order valence-corrected chi connectivity index (χ2v) is 4.58. The highest BCUT2D eigenvalue weighted by molar-refractivity contribution is 5.32. The first kappa shape index (κ1) is 15.2. The van der Waals surface area contributed by atoms with Crippen LogP contribution in [0.3, 0.4) is 0 Å². The van der Waals surface area contributed by atoms with Crippen LogP contribution in [0.15, 0.2) is 24.3 Å². The summed E-state index contributed by atoms with van der Waals surface area (Å²) in [6.45, 7) is -0.778. The topological polar surface area (TPSA) is 120 Å². The van der Waals surface area contributed by atoms with Crippen LogP contribution in [0.2, 0.25) is 0 Å². The van der Waals surface area contributed by atoms with Crippen molar-refractivity contribution >= 4 is 0 Å². The molecular formula is C13H18O7. The van der Waals surface area contributed by atoms with E-state index in [1.54, 1.807) is 24.3 Å². The molecule has 0 unspecified atom stereocenters. The lowest BCUT2D eigenvalue weighted by Gasteiger charge is -2.39. The Bertz CT molecular complexity index is 436. The predicted octanol–water partition coefficient (Wildman–Crippen LogP) is -1.64. The van der Waals surface area contributed by atoms with Crippen LogP contribution >= 0.6 is 0 Å². The Morgan fingerprint density at radius 3 is 2.35 bits per heavy atom. The molecule has 0 bridgehead atoms.